The van der Waals surface area contributed by atoms with Crippen molar-refractivity contribution in [2.45, 2.75) is 13.2 Å². The lowest BCUT2D eigenvalue weighted by molar-refractivity contribution is 0.0992. The van der Waals surface area contributed by atoms with Crippen LogP contribution in [-0.4, -0.2) is 15.7 Å². The van der Waals surface area contributed by atoms with E-state index in [2.05, 4.69) is 10.4 Å². The third-order valence-electron chi connectivity index (χ3n) is 4.29. The lowest BCUT2D eigenvalue weighted by atomic mass is 10.2. The Hall–Kier alpha value is -2.93. The van der Waals surface area contributed by atoms with E-state index < -0.39 is 5.91 Å². The largest absolute Gasteiger partial charge is 0.486 e. The number of hydrogen-bond donors (Lipinski definition) is 1. The van der Waals surface area contributed by atoms with Crippen LogP contribution in [0.4, 0.5) is 5.82 Å². The van der Waals surface area contributed by atoms with Gasteiger partial charge in [-0.15, -0.1) is 0 Å². The Bertz CT molecular complexity index is 1220. The molecule has 4 aromatic rings. The summed E-state index contributed by atoms with van der Waals surface area (Å²) in [4.78, 5) is 12.5. The van der Waals surface area contributed by atoms with Gasteiger partial charge in [0.15, 0.2) is 11.6 Å². The summed E-state index contributed by atoms with van der Waals surface area (Å²) >= 11 is 18.1. The predicted octanol–water partition coefficient (Wildman–Crippen LogP) is 6.32. The highest BCUT2D eigenvalue weighted by Crippen LogP contribution is 2.22. The minimum Gasteiger partial charge on any atom is -0.486 e. The fourth-order valence-electron chi connectivity index (χ4n) is 2.81. The van der Waals surface area contributed by atoms with Crippen molar-refractivity contribution < 1.29 is 13.9 Å². The molecule has 1 N–H and O–H groups in total. The van der Waals surface area contributed by atoms with Crippen LogP contribution in [0, 0.1) is 0 Å². The quantitative estimate of drug-likeness (QED) is 0.339. The monoisotopic (exact) mass is 475 g/mol. The molecule has 2 heterocycles. The summed E-state index contributed by atoms with van der Waals surface area (Å²) in [7, 11) is 0. The molecule has 0 radical (unpaired) electrons. The van der Waals surface area contributed by atoms with Crippen LogP contribution in [0.2, 0.25) is 15.1 Å². The molecule has 31 heavy (non-hydrogen) atoms. The van der Waals surface area contributed by atoms with Crippen LogP contribution in [0.3, 0.4) is 0 Å². The van der Waals surface area contributed by atoms with E-state index in [4.69, 9.17) is 44.0 Å². The smallest absolute Gasteiger partial charge is 0.292 e. The zero-order chi connectivity index (χ0) is 21.8. The first-order chi connectivity index (χ1) is 15.0. The highest BCUT2D eigenvalue weighted by molar-refractivity contribution is 6.35. The van der Waals surface area contributed by atoms with E-state index in [9.17, 15) is 4.79 Å². The minimum absolute atomic E-state index is 0.153. The Labute approximate surface area is 193 Å². The van der Waals surface area contributed by atoms with E-state index in [-0.39, 0.29) is 12.4 Å². The molecule has 0 aliphatic heterocycles. The SMILES string of the molecule is O=C(Nc1ccn(Cc2ccc(Cl)cc2Cl)n1)c1ccc(COc2cccc(Cl)c2)o1. The first kappa shape index (κ1) is 21.3. The molecule has 1 amide bonds. The van der Waals surface area contributed by atoms with Crippen molar-refractivity contribution in [2.24, 2.45) is 0 Å². The van der Waals surface area contributed by atoms with Crippen LogP contribution in [0.25, 0.3) is 0 Å². The number of aromatic nitrogens is 2. The normalized spacial score (nSPS) is 10.8. The number of rotatable bonds is 7. The maximum absolute atomic E-state index is 12.5. The Morgan fingerprint density at radius 1 is 1.03 bits per heavy atom. The fraction of sp³-hybridized carbons (Fsp3) is 0.0909. The molecular formula is C22H16Cl3N3O3. The molecule has 0 atom stereocenters. The van der Waals surface area contributed by atoms with Crippen LogP contribution in [0.1, 0.15) is 21.9 Å². The van der Waals surface area contributed by atoms with Gasteiger partial charge in [-0.25, -0.2) is 0 Å². The molecule has 9 heteroatoms. The van der Waals surface area contributed by atoms with Gasteiger partial charge in [0.05, 0.1) is 6.54 Å². The summed E-state index contributed by atoms with van der Waals surface area (Å²) in [5.74, 6) is 1.25. The molecule has 0 unspecified atom stereocenters. The average Bonchev–Trinajstić information content (AvgIpc) is 3.38. The van der Waals surface area contributed by atoms with Gasteiger partial charge < -0.3 is 14.5 Å². The molecule has 6 nitrogen and oxygen atoms in total. The lowest BCUT2D eigenvalue weighted by Gasteiger charge is -2.05. The molecule has 2 aromatic heterocycles. The molecule has 2 aromatic carbocycles. The van der Waals surface area contributed by atoms with E-state index in [1.807, 2.05) is 6.07 Å². The van der Waals surface area contributed by atoms with Gasteiger partial charge in [-0.3, -0.25) is 9.48 Å². The second-order valence-corrected chi connectivity index (χ2v) is 7.88. The van der Waals surface area contributed by atoms with E-state index in [0.717, 1.165) is 5.56 Å². The second-order valence-electron chi connectivity index (χ2n) is 6.60. The minimum atomic E-state index is -0.413. The number of nitrogens with one attached hydrogen (secondary N) is 1. The van der Waals surface area contributed by atoms with Gasteiger partial charge in [-0.05, 0) is 48.0 Å². The summed E-state index contributed by atoms with van der Waals surface area (Å²) < 4.78 is 12.8. The van der Waals surface area contributed by atoms with E-state index in [0.29, 0.717) is 38.9 Å². The molecular weight excluding hydrogens is 461 g/mol. The number of nitrogens with zero attached hydrogens (tertiary/aromatic N) is 2. The van der Waals surface area contributed by atoms with Crippen molar-refractivity contribution in [2.75, 3.05) is 5.32 Å². The summed E-state index contributed by atoms with van der Waals surface area (Å²) in [5, 5.41) is 8.74. The second kappa shape index (κ2) is 9.47. The summed E-state index contributed by atoms with van der Waals surface area (Å²) in [6, 6.07) is 17.3. The number of halogens is 3. The molecule has 0 saturated carbocycles. The van der Waals surface area contributed by atoms with Crippen molar-refractivity contribution in [3.63, 3.8) is 0 Å². The standard InChI is InChI=1S/C22H16Cl3N3O3/c23-15-2-1-3-17(10-15)30-13-18-6-7-20(31-18)22(29)26-21-8-9-28(27-21)12-14-4-5-16(24)11-19(14)25/h1-11H,12-13H2,(H,26,27,29). The van der Waals surface area contributed by atoms with Crippen LogP contribution < -0.4 is 10.1 Å². The number of carbonyl (C=O) groups is 1. The van der Waals surface area contributed by atoms with Gasteiger partial charge >= 0.3 is 0 Å². The van der Waals surface area contributed by atoms with Crippen LogP contribution in [0.5, 0.6) is 5.75 Å². The number of benzene rings is 2. The van der Waals surface area contributed by atoms with Crippen molar-refractivity contribution in [3.8, 4) is 5.75 Å². The van der Waals surface area contributed by atoms with Crippen LogP contribution in [0.15, 0.2) is 71.3 Å². The average molecular weight is 477 g/mol. The van der Waals surface area contributed by atoms with Crippen LogP contribution in [-0.2, 0) is 13.2 Å². The highest BCUT2D eigenvalue weighted by Gasteiger charge is 2.14. The van der Waals surface area contributed by atoms with Gasteiger partial charge in [0.1, 0.15) is 18.1 Å². The third-order valence-corrected chi connectivity index (χ3v) is 5.11. The number of anilines is 1. The fourth-order valence-corrected chi connectivity index (χ4v) is 3.46. The Balaban J connectivity index is 1.34. The first-order valence-electron chi connectivity index (χ1n) is 9.22. The number of carbonyl (C=O) groups excluding carboxylic acids is 1. The molecule has 0 aliphatic rings. The number of hydrogen-bond acceptors (Lipinski definition) is 4. The zero-order valence-corrected chi connectivity index (χ0v) is 18.3. The third kappa shape index (κ3) is 5.61. The van der Waals surface area contributed by atoms with Crippen molar-refractivity contribution in [1.29, 1.82) is 0 Å². The van der Waals surface area contributed by atoms with Gasteiger partial charge in [0.25, 0.3) is 5.91 Å². The summed E-state index contributed by atoms with van der Waals surface area (Å²) in [6.07, 6.45) is 1.74. The van der Waals surface area contributed by atoms with Gasteiger partial charge in [-0.1, -0.05) is 46.9 Å². The van der Waals surface area contributed by atoms with E-state index in [1.54, 1.807) is 65.5 Å². The number of ether oxygens (including phenoxy) is 1. The topological polar surface area (TPSA) is 69.3 Å². The van der Waals surface area contributed by atoms with Crippen molar-refractivity contribution in [1.82, 2.24) is 9.78 Å². The molecule has 0 bridgehead atoms. The number of amides is 1. The molecule has 4 rings (SSSR count). The predicted molar refractivity (Wildman–Crippen MR) is 120 cm³/mol. The molecule has 0 spiro atoms. The Kier molecular flexibility index (Phi) is 6.51. The van der Waals surface area contributed by atoms with E-state index >= 15 is 0 Å². The van der Waals surface area contributed by atoms with Crippen molar-refractivity contribution in [3.05, 3.63) is 99.0 Å². The lowest BCUT2D eigenvalue weighted by Crippen LogP contribution is -2.12. The maximum atomic E-state index is 12.5. The highest BCUT2D eigenvalue weighted by atomic mass is 35.5. The maximum Gasteiger partial charge on any atom is 0.292 e. The van der Waals surface area contributed by atoms with E-state index in [1.165, 1.54) is 0 Å². The Morgan fingerprint density at radius 3 is 2.68 bits per heavy atom. The first-order valence-corrected chi connectivity index (χ1v) is 10.4. The molecule has 0 fully saturated rings. The van der Waals surface area contributed by atoms with Gasteiger partial charge in [0, 0.05) is 27.3 Å². The van der Waals surface area contributed by atoms with Crippen LogP contribution >= 0.6 is 34.8 Å². The zero-order valence-electron chi connectivity index (χ0n) is 16.0. The molecule has 158 valence electrons. The van der Waals surface area contributed by atoms with Gasteiger partial charge in [0.2, 0.25) is 0 Å². The molecule has 0 saturated heterocycles. The van der Waals surface area contributed by atoms with Crippen molar-refractivity contribution >= 4 is 46.5 Å². The summed E-state index contributed by atoms with van der Waals surface area (Å²) in [5.41, 5.74) is 0.863. The van der Waals surface area contributed by atoms with Gasteiger partial charge in [-0.2, -0.15) is 5.10 Å². The Morgan fingerprint density at radius 2 is 1.87 bits per heavy atom. The molecule has 0 aliphatic carbocycles. The summed E-state index contributed by atoms with van der Waals surface area (Å²) in [6.45, 7) is 0.613. The number of furan rings is 1.